The lowest BCUT2D eigenvalue weighted by Gasteiger charge is -2.22. The van der Waals surface area contributed by atoms with Crippen molar-refractivity contribution in [3.05, 3.63) is 54.0 Å². The van der Waals surface area contributed by atoms with Crippen LogP contribution < -0.4 is 16.2 Å². The molecule has 1 amide bonds. The number of hydrogen-bond donors (Lipinski definition) is 2. The van der Waals surface area contributed by atoms with Crippen LogP contribution in [0.2, 0.25) is 0 Å². The fourth-order valence-electron chi connectivity index (χ4n) is 1.87. The third-order valence-electron chi connectivity index (χ3n) is 3.09. The maximum atomic E-state index is 11.0. The van der Waals surface area contributed by atoms with E-state index >= 15 is 0 Å². The zero-order valence-corrected chi connectivity index (χ0v) is 11.3. The molecule has 0 saturated heterocycles. The van der Waals surface area contributed by atoms with Crippen LogP contribution in [0.3, 0.4) is 0 Å². The SMILES string of the molecule is CCC(N)C(Oc1ccc(C(N)=O)cc1)c1ccco1. The minimum atomic E-state index is -0.468. The third kappa shape index (κ3) is 3.19. The van der Waals surface area contributed by atoms with Gasteiger partial charge in [0.25, 0.3) is 0 Å². The summed E-state index contributed by atoms with van der Waals surface area (Å²) in [5, 5.41) is 0. The maximum absolute atomic E-state index is 11.0. The van der Waals surface area contributed by atoms with Crippen molar-refractivity contribution in [3.63, 3.8) is 0 Å². The second kappa shape index (κ2) is 6.25. The van der Waals surface area contributed by atoms with E-state index in [1.807, 2.05) is 13.0 Å². The number of benzene rings is 1. The molecule has 0 aliphatic carbocycles. The van der Waals surface area contributed by atoms with Crippen LogP contribution in [0.4, 0.5) is 0 Å². The Kier molecular flexibility index (Phi) is 4.42. The van der Waals surface area contributed by atoms with Crippen LogP contribution in [-0.4, -0.2) is 11.9 Å². The highest BCUT2D eigenvalue weighted by Crippen LogP contribution is 2.26. The molecule has 106 valence electrons. The summed E-state index contributed by atoms with van der Waals surface area (Å²) >= 11 is 0. The Hall–Kier alpha value is -2.27. The average molecular weight is 274 g/mol. The van der Waals surface area contributed by atoms with Crippen molar-refractivity contribution in [3.8, 4) is 5.75 Å². The van der Waals surface area contributed by atoms with Crippen LogP contribution in [0.25, 0.3) is 0 Å². The summed E-state index contributed by atoms with van der Waals surface area (Å²) < 4.78 is 11.2. The van der Waals surface area contributed by atoms with Gasteiger partial charge in [-0.2, -0.15) is 0 Å². The topological polar surface area (TPSA) is 91.5 Å². The summed E-state index contributed by atoms with van der Waals surface area (Å²) in [7, 11) is 0. The predicted octanol–water partition coefficient (Wildman–Crippen LogP) is 2.24. The van der Waals surface area contributed by atoms with E-state index in [0.29, 0.717) is 17.1 Å². The molecule has 1 heterocycles. The van der Waals surface area contributed by atoms with Crippen molar-refractivity contribution in [2.45, 2.75) is 25.5 Å². The van der Waals surface area contributed by atoms with Crippen molar-refractivity contribution in [2.75, 3.05) is 0 Å². The Labute approximate surface area is 117 Å². The smallest absolute Gasteiger partial charge is 0.248 e. The summed E-state index contributed by atoms with van der Waals surface area (Å²) in [6.07, 6.45) is 1.98. The van der Waals surface area contributed by atoms with Crippen LogP contribution in [-0.2, 0) is 0 Å². The Morgan fingerprint density at radius 2 is 2.00 bits per heavy atom. The molecule has 20 heavy (non-hydrogen) atoms. The van der Waals surface area contributed by atoms with Gasteiger partial charge in [-0.1, -0.05) is 6.92 Å². The molecule has 0 aliphatic heterocycles. The molecule has 0 radical (unpaired) electrons. The molecule has 1 aromatic heterocycles. The molecule has 0 fully saturated rings. The summed E-state index contributed by atoms with van der Waals surface area (Å²) in [6.45, 7) is 1.99. The molecule has 0 spiro atoms. The van der Waals surface area contributed by atoms with Gasteiger partial charge in [-0.15, -0.1) is 0 Å². The molecule has 5 heteroatoms. The second-order valence-electron chi connectivity index (χ2n) is 4.51. The van der Waals surface area contributed by atoms with Crippen LogP contribution in [0, 0.1) is 0 Å². The van der Waals surface area contributed by atoms with Crippen molar-refractivity contribution in [1.29, 1.82) is 0 Å². The van der Waals surface area contributed by atoms with E-state index in [1.54, 1.807) is 36.6 Å². The molecule has 0 bridgehead atoms. The standard InChI is InChI=1S/C15H18N2O3/c1-2-12(16)14(13-4-3-9-19-13)20-11-7-5-10(6-8-11)15(17)18/h3-9,12,14H,2,16H2,1H3,(H2,17,18). The van der Waals surface area contributed by atoms with Crippen LogP contribution in [0.15, 0.2) is 47.1 Å². The molecule has 2 atom stereocenters. The monoisotopic (exact) mass is 274 g/mol. The fourth-order valence-corrected chi connectivity index (χ4v) is 1.87. The summed E-state index contributed by atoms with van der Waals surface area (Å²) in [6, 6.07) is 10.1. The molecule has 2 rings (SSSR count). The first-order chi connectivity index (χ1) is 9.61. The molecule has 2 unspecified atom stereocenters. The van der Waals surface area contributed by atoms with Crippen molar-refractivity contribution in [1.82, 2.24) is 0 Å². The molecule has 2 aromatic rings. The van der Waals surface area contributed by atoms with Gasteiger partial charge in [0.05, 0.1) is 6.26 Å². The number of furan rings is 1. The zero-order chi connectivity index (χ0) is 14.5. The minimum Gasteiger partial charge on any atom is -0.481 e. The van der Waals surface area contributed by atoms with Gasteiger partial charge in [-0.3, -0.25) is 4.79 Å². The average Bonchev–Trinajstić information content (AvgIpc) is 2.98. The quantitative estimate of drug-likeness (QED) is 0.845. The van der Waals surface area contributed by atoms with Gasteiger partial charge < -0.3 is 20.6 Å². The van der Waals surface area contributed by atoms with Crippen LogP contribution >= 0.6 is 0 Å². The lowest BCUT2D eigenvalue weighted by Crippen LogP contribution is -2.31. The highest BCUT2D eigenvalue weighted by molar-refractivity contribution is 5.92. The van der Waals surface area contributed by atoms with Gasteiger partial charge >= 0.3 is 0 Å². The van der Waals surface area contributed by atoms with Gasteiger partial charge in [-0.05, 0) is 42.8 Å². The minimum absolute atomic E-state index is 0.183. The molecule has 1 aromatic carbocycles. The van der Waals surface area contributed by atoms with E-state index in [1.165, 1.54) is 0 Å². The highest BCUT2D eigenvalue weighted by atomic mass is 16.5. The zero-order valence-electron chi connectivity index (χ0n) is 11.3. The number of amides is 1. The number of nitrogens with two attached hydrogens (primary N) is 2. The van der Waals surface area contributed by atoms with Gasteiger partial charge in [0.2, 0.25) is 5.91 Å². The van der Waals surface area contributed by atoms with Gasteiger partial charge in [0, 0.05) is 11.6 Å². The van der Waals surface area contributed by atoms with Gasteiger partial charge in [0.15, 0.2) is 6.10 Å². The number of carbonyl (C=O) groups is 1. The van der Waals surface area contributed by atoms with E-state index in [4.69, 9.17) is 20.6 Å². The van der Waals surface area contributed by atoms with Crippen molar-refractivity contribution in [2.24, 2.45) is 11.5 Å². The Morgan fingerprint density at radius 3 is 2.50 bits per heavy atom. The Balaban J connectivity index is 2.17. The number of primary amides is 1. The summed E-state index contributed by atoms with van der Waals surface area (Å²) in [5.74, 6) is 0.822. The van der Waals surface area contributed by atoms with Crippen molar-refractivity contribution < 1.29 is 13.9 Å². The van der Waals surface area contributed by atoms with Crippen LogP contribution in [0.5, 0.6) is 5.75 Å². The molecule has 0 aliphatic rings. The second-order valence-corrected chi connectivity index (χ2v) is 4.51. The van der Waals surface area contributed by atoms with Gasteiger partial charge in [-0.25, -0.2) is 0 Å². The Morgan fingerprint density at radius 1 is 1.30 bits per heavy atom. The highest BCUT2D eigenvalue weighted by Gasteiger charge is 2.23. The third-order valence-corrected chi connectivity index (χ3v) is 3.09. The van der Waals surface area contributed by atoms with Crippen molar-refractivity contribution >= 4 is 5.91 Å². The molecule has 4 N–H and O–H groups in total. The first kappa shape index (κ1) is 14.1. The van der Waals surface area contributed by atoms with E-state index in [0.717, 1.165) is 6.42 Å². The molecular formula is C15H18N2O3. The van der Waals surface area contributed by atoms with Crippen LogP contribution in [0.1, 0.15) is 35.6 Å². The normalized spacial score (nSPS) is 13.7. The number of carbonyl (C=O) groups excluding carboxylic acids is 1. The largest absolute Gasteiger partial charge is 0.481 e. The van der Waals surface area contributed by atoms with Gasteiger partial charge in [0.1, 0.15) is 11.5 Å². The molecular weight excluding hydrogens is 256 g/mol. The number of hydrogen-bond acceptors (Lipinski definition) is 4. The first-order valence-corrected chi connectivity index (χ1v) is 6.47. The number of rotatable bonds is 6. The predicted molar refractivity (Wildman–Crippen MR) is 75.3 cm³/mol. The van der Waals surface area contributed by atoms with E-state index in [9.17, 15) is 4.79 Å². The maximum Gasteiger partial charge on any atom is 0.248 e. The number of ether oxygens (including phenoxy) is 1. The summed E-state index contributed by atoms with van der Waals surface area (Å²) in [4.78, 5) is 11.0. The van der Waals surface area contributed by atoms with E-state index in [-0.39, 0.29) is 12.1 Å². The molecule has 5 nitrogen and oxygen atoms in total. The lowest BCUT2D eigenvalue weighted by molar-refractivity contribution is 0.1000. The Bertz CT molecular complexity index is 549. The first-order valence-electron chi connectivity index (χ1n) is 6.47. The lowest BCUT2D eigenvalue weighted by atomic mass is 10.1. The van der Waals surface area contributed by atoms with E-state index in [2.05, 4.69) is 0 Å². The summed E-state index contributed by atoms with van der Waals surface area (Å²) in [5.41, 5.74) is 11.7. The fraction of sp³-hybridized carbons (Fsp3) is 0.267. The van der Waals surface area contributed by atoms with E-state index < -0.39 is 5.91 Å². The molecule has 0 saturated carbocycles.